The second kappa shape index (κ2) is 6.88. The van der Waals surface area contributed by atoms with E-state index in [0.29, 0.717) is 26.2 Å². The first kappa shape index (κ1) is 17.8. The third-order valence-electron chi connectivity index (χ3n) is 4.75. The monoisotopic (exact) mass is 391 g/mol. The standard InChI is InChI=1S/C18H19F2N5OS/c1-10-3-4-11(2)15-14(10)23-18(27-15)25-7-5-24(6-8-25)17-21-12(16(19)20)9-13(26)22-17/h3-4,9,16H,5-8H2,1-2H3,(H,21,22,26). The van der Waals surface area contributed by atoms with E-state index in [-0.39, 0.29) is 5.95 Å². The molecule has 9 heteroatoms. The highest BCUT2D eigenvalue weighted by Crippen LogP contribution is 2.33. The molecule has 1 aliphatic rings. The minimum absolute atomic E-state index is 0.202. The average Bonchev–Trinajstić information content (AvgIpc) is 3.11. The highest BCUT2D eigenvalue weighted by Gasteiger charge is 2.23. The number of rotatable bonds is 3. The normalized spacial score (nSPS) is 15.1. The van der Waals surface area contributed by atoms with E-state index in [1.165, 1.54) is 10.3 Å². The van der Waals surface area contributed by atoms with Crippen LogP contribution in [0.2, 0.25) is 0 Å². The molecule has 142 valence electrons. The van der Waals surface area contributed by atoms with Crippen LogP contribution in [0.4, 0.5) is 19.9 Å². The fraction of sp³-hybridized carbons (Fsp3) is 0.389. The Kier molecular flexibility index (Phi) is 4.55. The van der Waals surface area contributed by atoms with Gasteiger partial charge in [-0.15, -0.1) is 0 Å². The molecular weight excluding hydrogens is 372 g/mol. The molecule has 0 spiro atoms. The summed E-state index contributed by atoms with van der Waals surface area (Å²) in [6, 6.07) is 5.03. The number of aromatic amines is 1. The minimum Gasteiger partial charge on any atom is -0.345 e. The van der Waals surface area contributed by atoms with Crippen LogP contribution in [0, 0.1) is 13.8 Å². The molecule has 6 nitrogen and oxygen atoms in total. The summed E-state index contributed by atoms with van der Waals surface area (Å²) >= 11 is 1.67. The molecule has 1 saturated heterocycles. The number of anilines is 2. The number of aryl methyl sites for hydroxylation is 2. The molecule has 0 bridgehead atoms. The molecule has 1 fully saturated rings. The van der Waals surface area contributed by atoms with Gasteiger partial charge in [-0.2, -0.15) is 0 Å². The molecule has 0 radical (unpaired) electrons. The number of H-pyrrole nitrogens is 1. The summed E-state index contributed by atoms with van der Waals surface area (Å²) in [4.78, 5) is 26.9. The number of thiazole rings is 1. The van der Waals surface area contributed by atoms with Crippen molar-refractivity contribution in [3.63, 3.8) is 0 Å². The Hall–Kier alpha value is -2.55. The molecule has 1 aromatic carbocycles. The fourth-order valence-corrected chi connectivity index (χ4v) is 4.38. The number of hydrogen-bond acceptors (Lipinski definition) is 6. The van der Waals surface area contributed by atoms with Crippen LogP contribution in [0.3, 0.4) is 0 Å². The van der Waals surface area contributed by atoms with Gasteiger partial charge in [-0.05, 0) is 25.0 Å². The Morgan fingerprint density at radius 2 is 1.74 bits per heavy atom. The number of hydrogen-bond donors (Lipinski definition) is 1. The topological polar surface area (TPSA) is 65.1 Å². The molecule has 0 aliphatic carbocycles. The van der Waals surface area contributed by atoms with Crippen molar-refractivity contribution in [1.29, 1.82) is 0 Å². The highest BCUT2D eigenvalue weighted by molar-refractivity contribution is 7.22. The van der Waals surface area contributed by atoms with Crippen LogP contribution in [-0.2, 0) is 0 Å². The van der Waals surface area contributed by atoms with Gasteiger partial charge in [0.1, 0.15) is 5.69 Å². The van der Waals surface area contributed by atoms with Gasteiger partial charge in [0, 0.05) is 32.2 Å². The molecule has 27 heavy (non-hydrogen) atoms. The van der Waals surface area contributed by atoms with Gasteiger partial charge in [-0.3, -0.25) is 9.78 Å². The van der Waals surface area contributed by atoms with Crippen molar-refractivity contribution >= 4 is 32.6 Å². The molecule has 1 N–H and O–H groups in total. The number of fused-ring (bicyclic) bond motifs is 1. The van der Waals surface area contributed by atoms with Gasteiger partial charge in [-0.1, -0.05) is 23.5 Å². The number of benzene rings is 1. The summed E-state index contributed by atoms with van der Waals surface area (Å²) in [7, 11) is 0. The molecule has 2 aromatic heterocycles. The lowest BCUT2D eigenvalue weighted by Crippen LogP contribution is -2.47. The van der Waals surface area contributed by atoms with Crippen molar-refractivity contribution in [2.75, 3.05) is 36.0 Å². The van der Waals surface area contributed by atoms with E-state index < -0.39 is 17.7 Å². The lowest BCUT2D eigenvalue weighted by molar-refractivity contribution is 0.146. The predicted octanol–water partition coefficient (Wildman–Crippen LogP) is 3.26. The Morgan fingerprint density at radius 1 is 1.07 bits per heavy atom. The smallest absolute Gasteiger partial charge is 0.280 e. The predicted molar refractivity (Wildman–Crippen MR) is 103 cm³/mol. The molecule has 4 rings (SSSR count). The number of nitrogens with zero attached hydrogens (tertiary/aromatic N) is 4. The van der Waals surface area contributed by atoms with Crippen molar-refractivity contribution in [2.45, 2.75) is 20.3 Å². The summed E-state index contributed by atoms with van der Waals surface area (Å²) < 4.78 is 27.0. The number of alkyl halides is 2. The average molecular weight is 391 g/mol. The van der Waals surface area contributed by atoms with E-state index in [1.54, 1.807) is 11.3 Å². The van der Waals surface area contributed by atoms with Crippen molar-refractivity contribution < 1.29 is 8.78 Å². The van der Waals surface area contributed by atoms with Crippen LogP contribution in [0.1, 0.15) is 23.2 Å². The molecule has 3 heterocycles. The molecule has 0 saturated carbocycles. The summed E-state index contributed by atoms with van der Waals surface area (Å²) in [6.07, 6.45) is -2.76. The van der Waals surface area contributed by atoms with Gasteiger partial charge < -0.3 is 9.80 Å². The largest absolute Gasteiger partial charge is 0.345 e. The SMILES string of the molecule is Cc1ccc(C)c2sc(N3CCN(c4nc(C(F)F)cc(=O)[nH]4)CC3)nc12. The van der Waals surface area contributed by atoms with Crippen molar-refractivity contribution in [1.82, 2.24) is 15.0 Å². The van der Waals surface area contributed by atoms with E-state index in [4.69, 9.17) is 4.98 Å². The quantitative estimate of drug-likeness (QED) is 0.742. The van der Waals surface area contributed by atoms with Crippen LogP contribution in [0.5, 0.6) is 0 Å². The zero-order chi connectivity index (χ0) is 19.1. The number of piperazine rings is 1. The minimum atomic E-state index is -2.76. The Balaban J connectivity index is 1.54. The van der Waals surface area contributed by atoms with Gasteiger partial charge in [-0.25, -0.2) is 18.7 Å². The van der Waals surface area contributed by atoms with E-state index in [1.807, 2.05) is 4.90 Å². The third-order valence-corrected chi connectivity index (χ3v) is 6.00. The Morgan fingerprint density at radius 3 is 2.41 bits per heavy atom. The first-order valence-corrected chi connectivity index (χ1v) is 9.50. The van der Waals surface area contributed by atoms with Crippen molar-refractivity contribution in [3.05, 3.63) is 45.4 Å². The molecule has 3 aromatic rings. The summed E-state index contributed by atoms with van der Waals surface area (Å²) in [5.74, 6) is 0.202. The molecule has 0 unspecified atom stereocenters. The second-order valence-corrected chi connectivity index (χ2v) is 7.62. The zero-order valence-electron chi connectivity index (χ0n) is 15.0. The zero-order valence-corrected chi connectivity index (χ0v) is 15.8. The van der Waals surface area contributed by atoms with Gasteiger partial charge >= 0.3 is 0 Å². The first-order chi connectivity index (χ1) is 12.9. The van der Waals surface area contributed by atoms with Crippen LogP contribution in [0.15, 0.2) is 23.0 Å². The van der Waals surface area contributed by atoms with Gasteiger partial charge in [0.15, 0.2) is 5.13 Å². The number of halogens is 2. The highest BCUT2D eigenvalue weighted by atomic mass is 32.1. The maximum Gasteiger partial charge on any atom is 0.280 e. The van der Waals surface area contributed by atoms with Crippen molar-refractivity contribution in [2.24, 2.45) is 0 Å². The number of nitrogens with one attached hydrogen (secondary N) is 1. The van der Waals surface area contributed by atoms with Crippen molar-refractivity contribution in [3.8, 4) is 0 Å². The maximum absolute atomic E-state index is 12.9. The van der Waals surface area contributed by atoms with Gasteiger partial charge in [0.25, 0.3) is 12.0 Å². The van der Waals surface area contributed by atoms with E-state index in [2.05, 4.69) is 40.8 Å². The molecular formula is C18H19F2N5OS. The molecule has 1 aliphatic heterocycles. The summed E-state index contributed by atoms with van der Waals surface area (Å²) in [6.45, 7) is 6.65. The lowest BCUT2D eigenvalue weighted by Gasteiger charge is -2.34. The van der Waals surface area contributed by atoms with Gasteiger partial charge in [0.05, 0.1) is 10.2 Å². The van der Waals surface area contributed by atoms with Crippen LogP contribution in [0.25, 0.3) is 10.2 Å². The lowest BCUT2D eigenvalue weighted by atomic mass is 10.1. The van der Waals surface area contributed by atoms with Crippen LogP contribution < -0.4 is 15.4 Å². The Labute approximate surface area is 158 Å². The summed E-state index contributed by atoms with van der Waals surface area (Å²) in [5, 5.41) is 0.963. The molecule has 0 amide bonds. The van der Waals surface area contributed by atoms with E-state index in [0.717, 1.165) is 22.3 Å². The third kappa shape index (κ3) is 3.39. The number of aromatic nitrogens is 3. The van der Waals surface area contributed by atoms with Crippen LogP contribution >= 0.6 is 11.3 Å². The van der Waals surface area contributed by atoms with Crippen LogP contribution in [-0.4, -0.2) is 41.1 Å². The Bertz CT molecular complexity index is 1000. The molecule has 0 atom stereocenters. The second-order valence-electron chi connectivity index (χ2n) is 6.64. The van der Waals surface area contributed by atoms with E-state index in [9.17, 15) is 13.6 Å². The maximum atomic E-state index is 12.9. The van der Waals surface area contributed by atoms with E-state index >= 15 is 0 Å². The van der Waals surface area contributed by atoms with Gasteiger partial charge in [0.2, 0.25) is 5.95 Å². The first-order valence-electron chi connectivity index (χ1n) is 8.68. The summed E-state index contributed by atoms with van der Waals surface area (Å²) in [5.41, 5.74) is 2.35. The fourth-order valence-electron chi connectivity index (χ4n) is 3.22.